The van der Waals surface area contributed by atoms with Gasteiger partial charge in [-0.3, -0.25) is 19.7 Å². The summed E-state index contributed by atoms with van der Waals surface area (Å²) in [4.78, 5) is 16.9. The Hall–Kier alpha value is -3.06. The molecule has 0 atom stereocenters. The van der Waals surface area contributed by atoms with Crippen LogP contribution in [0.1, 0.15) is 5.56 Å². The van der Waals surface area contributed by atoms with Crippen molar-refractivity contribution in [3.05, 3.63) is 89.2 Å². The van der Waals surface area contributed by atoms with E-state index in [9.17, 15) is 4.79 Å². The Bertz CT molecular complexity index is 1460. The van der Waals surface area contributed by atoms with Crippen LogP contribution in [0.4, 0.5) is 5.13 Å². The summed E-state index contributed by atoms with van der Waals surface area (Å²) in [5.41, 5.74) is 2.92. The molecule has 0 radical (unpaired) electrons. The fourth-order valence-corrected chi connectivity index (χ4v) is 6.14. The van der Waals surface area contributed by atoms with Crippen LogP contribution in [0.2, 0.25) is 0 Å². The largest absolute Gasteiger partial charge is 0.300 e. The number of benzene rings is 2. The van der Waals surface area contributed by atoms with E-state index >= 15 is 0 Å². The van der Waals surface area contributed by atoms with Crippen LogP contribution in [-0.2, 0) is 10.5 Å². The van der Waals surface area contributed by atoms with Crippen molar-refractivity contribution in [1.82, 2.24) is 29.9 Å². The first-order valence-corrected chi connectivity index (χ1v) is 14.3. The highest BCUT2D eigenvalue weighted by Crippen LogP contribution is 2.30. The monoisotopic (exact) mass is 595 g/mol. The average molecular weight is 597 g/mol. The number of anilines is 1. The molecule has 5 rings (SSSR count). The van der Waals surface area contributed by atoms with Gasteiger partial charge in [0.25, 0.3) is 0 Å². The van der Waals surface area contributed by atoms with Gasteiger partial charge in [-0.05, 0) is 42.0 Å². The zero-order valence-electron chi connectivity index (χ0n) is 18.6. The topological polar surface area (TPSA) is 98.5 Å². The van der Waals surface area contributed by atoms with E-state index in [1.165, 1.54) is 28.7 Å². The number of nitrogens with one attached hydrogen (secondary N) is 1. The van der Waals surface area contributed by atoms with Gasteiger partial charge in [0, 0.05) is 33.9 Å². The second kappa shape index (κ2) is 11.8. The molecule has 2 aromatic carbocycles. The minimum Gasteiger partial charge on any atom is -0.300 e. The lowest BCUT2D eigenvalue weighted by atomic mass is 10.2. The van der Waals surface area contributed by atoms with E-state index in [4.69, 9.17) is 0 Å². The molecule has 12 heteroatoms. The summed E-state index contributed by atoms with van der Waals surface area (Å²) >= 11 is 7.73. The molecule has 8 nitrogen and oxygen atoms in total. The Morgan fingerprint density at radius 1 is 0.972 bits per heavy atom. The van der Waals surface area contributed by atoms with Gasteiger partial charge in [0.15, 0.2) is 15.3 Å². The number of nitrogens with zero attached hydrogens (tertiary/aromatic N) is 6. The lowest BCUT2D eigenvalue weighted by Gasteiger charge is -2.10. The summed E-state index contributed by atoms with van der Waals surface area (Å²) < 4.78 is 3.76. The smallest absolute Gasteiger partial charge is 0.236 e. The van der Waals surface area contributed by atoms with Crippen molar-refractivity contribution in [2.45, 2.75) is 15.2 Å². The highest BCUT2D eigenvalue weighted by Gasteiger charge is 2.18. The molecule has 3 heterocycles. The van der Waals surface area contributed by atoms with Gasteiger partial charge in [-0.15, -0.1) is 20.4 Å². The number of pyridine rings is 1. The molecule has 1 amide bonds. The first-order valence-electron chi connectivity index (χ1n) is 10.7. The van der Waals surface area contributed by atoms with Crippen molar-refractivity contribution in [2.75, 3.05) is 11.1 Å². The quantitative estimate of drug-likeness (QED) is 0.164. The predicted octanol–water partition coefficient (Wildman–Crippen LogP) is 5.97. The Labute approximate surface area is 228 Å². The van der Waals surface area contributed by atoms with Gasteiger partial charge in [0.2, 0.25) is 11.0 Å². The zero-order chi connectivity index (χ0) is 24.7. The Balaban J connectivity index is 1.23. The normalized spacial score (nSPS) is 10.9. The summed E-state index contributed by atoms with van der Waals surface area (Å²) in [5, 5.41) is 20.9. The summed E-state index contributed by atoms with van der Waals surface area (Å²) in [6, 6.07) is 21.7. The molecule has 0 saturated carbocycles. The third-order valence-electron chi connectivity index (χ3n) is 4.80. The number of carbonyl (C=O) groups excluding carboxylic acids is 1. The third kappa shape index (κ3) is 6.19. The highest BCUT2D eigenvalue weighted by molar-refractivity contribution is 9.10. The number of thioether (sulfide) groups is 2. The van der Waals surface area contributed by atoms with E-state index in [1.54, 1.807) is 24.2 Å². The van der Waals surface area contributed by atoms with Crippen molar-refractivity contribution in [3.8, 4) is 17.1 Å². The highest BCUT2D eigenvalue weighted by atomic mass is 79.9. The second-order valence-corrected chi connectivity index (χ2v) is 11.4. The molecule has 0 fully saturated rings. The first-order chi connectivity index (χ1) is 17.7. The lowest BCUT2D eigenvalue weighted by Crippen LogP contribution is -2.14. The Morgan fingerprint density at radius 2 is 1.86 bits per heavy atom. The zero-order valence-corrected chi connectivity index (χ0v) is 22.6. The van der Waals surface area contributed by atoms with Crippen molar-refractivity contribution < 1.29 is 4.79 Å². The molecule has 0 aliphatic rings. The summed E-state index contributed by atoms with van der Waals surface area (Å²) in [6.07, 6.45) is 3.46. The van der Waals surface area contributed by atoms with Crippen molar-refractivity contribution in [3.63, 3.8) is 0 Å². The van der Waals surface area contributed by atoms with Crippen LogP contribution >= 0.6 is 50.8 Å². The van der Waals surface area contributed by atoms with E-state index in [2.05, 4.69) is 58.8 Å². The molecule has 0 aliphatic heterocycles. The van der Waals surface area contributed by atoms with Crippen LogP contribution in [0, 0.1) is 0 Å². The SMILES string of the molecule is O=C(CSc1nnc(-c2cccnc2)n1-c1ccccc1)Nc1nnc(SCc2cccc(Br)c2)s1. The third-order valence-corrected chi connectivity index (χ3v) is 8.27. The van der Waals surface area contributed by atoms with E-state index in [0.29, 0.717) is 16.1 Å². The van der Waals surface area contributed by atoms with E-state index in [0.717, 1.165) is 25.8 Å². The molecule has 0 aliphatic carbocycles. The van der Waals surface area contributed by atoms with Crippen LogP contribution in [0.25, 0.3) is 17.1 Å². The van der Waals surface area contributed by atoms with Gasteiger partial charge in [-0.2, -0.15) is 0 Å². The van der Waals surface area contributed by atoms with Crippen LogP contribution < -0.4 is 5.32 Å². The molecular weight excluding hydrogens is 578 g/mol. The summed E-state index contributed by atoms with van der Waals surface area (Å²) in [6.45, 7) is 0. The number of para-hydroxylation sites is 1. The molecule has 0 saturated heterocycles. The molecule has 3 aromatic heterocycles. The molecule has 0 bridgehead atoms. The predicted molar refractivity (Wildman–Crippen MR) is 148 cm³/mol. The lowest BCUT2D eigenvalue weighted by molar-refractivity contribution is -0.113. The number of rotatable bonds is 9. The summed E-state index contributed by atoms with van der Waals surface area (Å²) in [5.74, 6) is 1.39. The number of aromatic nitrogens is 6. The minimum atomic E-state index is -0.190. The molecule has 180 valence electrons. The fraction of sp³-hybridized carbons (Fsp3) is 0.0833. The van der Waals surface area contributed by atoms with E-state index < -0.39 is 0 Å². The van der Waals surface area contributed by atoms with Crippen LogP contribution in [0.3, 0.4) is 0 Å². The number of halogens is 1. The van der Waals surface area contributed by atoms with E-state index in [-0.39, 0.29) is 11.7 Å². The molecular formula is C24H18BrN7OS3. The standard InChI is InChI=1S/C24H18BrN7OS3/c25-18-8-4-6-16(12-18)14-35-24-31-29-22(36-24)27-20(33)15-34-23-30-28-21(17-7-5-11-26-13-17)32(23)19-9-2-1-3-10-19/h1-13H,14-15H2,(H,27,29,33). The van der Waals surface area contributed by atoms with Crippen LogP contribution in [-0.4, -0.2) is 41.6 Å². The van der Waals surface area contributed by atoms with Gasteiger partial charge < -0.3 is 0 Å². The van der Waals surface area contributed by atoms with E-state index in [1.807, 2.05) is 59.2 Å². The molecule has 0 spiro atoms. The average Bonchev–Trinajstić information content (AvgIpc) is 3.54. The molecule has 1 N–H and O–H groups in total. The van der Waals surface area contributed by atoms with Gasteiger partial charge in [-0.25, -0.2) is 0 Å². The minimum absolute atomic E-state index is 0.151. The van der Waals surface area contributed by atoms with Crippen LogP contribution in [0.15, 0.2) is 93.1 Å². The Morgan fingerprint density at radius 3 is 2.67 bits per heavy atom. The van der Waals surface area contributed by atoms with Gasteiger partial charge in [0.05, 0.1) is 5.75 Å². The molecule has 0 unspecified atom stereocenters. The van der Waals surface area contributed by atoms with Crippen molar-refractivity contribution >= 4 is 61.8 Å². The molecule has 36 heavy (non-hydrogen) atoms. The van der Waals surface area contributed by atoms with Gasteiger partial charge in [-0.1, -0.05) is 81.1 Å². The van der Waals surface area contributed by atoms with Gasteiger partial charge >= 0.3 is 0 Å². The first kappa shape index (κ1) is 24.6. The number of hydrogen-bond donors (Lipinski definition) is 1. The fourth-order valence-electron chi connectivity index (χ4n) is 3.23. The van der Waals surface area contributed by atoms with Gasteiger partial charge in [0.1, 0.15) is 0 Å². The Kier molecular flexibility index (Phi) is 8.06. The second-order valence-electron chi connectivity index (χ2n) is 7.35. The summed E-state index contributed by atoms with van der Waals surface area (Å²) in [7, 11) is 0. The molecule has 5 aromatic rings. The van der Waals surface area contributed by atoms with Crippen molar-refractivity contribution in [2.24, 2.45) is 0 Å². The van der Waals surface area contributed by atoms with Crippen LogP contribution in [0.5, 0.6) is 0 Å². The number of amides is 1. The maximum absolute atomic E-state index is 12.7. The van der Waals surface area contributed by atoms with Crippen molar-refractivity contribution in [1.29, 1.82) is 0 Å². The number of carbonyl (C=O) groups is 1. The maximum Gasteiger partial charge on any atom is 0.236 e. The maximum atomic E-state index is 12.7. The number of hydrogen-bond acceptors (Lipinski definition) is 9.